The summed E-state index contributed by atoms with van der Waals surface area (Å²) >= 11 is 0. The first-order valence-electron chi connectivity index (χ1n) is 8.06. The summed E-state index contributed by atoms with van der Waals surface area (Å²) in [5, 5.41) is 9.99. The summed E-state index contributed by atoms with van der Waals surface area (Å²) in [6.07, 6.45) is 0.663. The number of hydrogen-bond acceptors (Lipinski definition) is 6. The molecule has 2 rings (SSSR count). The minimum atomic E-state index is -0.647. The topological polar surface area (TPSA) is 103 Å². The Morgan fingerprint density at radius 2 is 1.85 bits per heavy atom. The van der Waals surface area contributed by atoms with Gasteiger partial charge in [0.15, 0.2) is 5.78 Å². The number of hydrogen-bond donors (Lipinski definition) is 1. The molecule has 1 aromatic carbocycles. The smallest absolute Gasteiger partial charge is 0.333 e. The van der Waals surface area contributed by atoms with Gasteiger partial charge in [0.25, 0.3) is 5.56 Å². The molecule has 1 atom stereocenters. The summed E-state index contributed by atoms with van der Waals surface area (Å²) in [6.45, 7) is 3.96. The first-order chi connectivity index (χ1) is 12.3. The van der Waals surface area contributed by atoms with Crippen LogP contribution < -0.4 is 11.2 Å². The molecule has 0 fully saturated rings. The minimum absolute atomic E-state index is 0.0975. The van der Waals surface area contributed by atoms with Gasteiger partial charge in [0, 0.05) is 32.5 Å². The molecule has 1 unspecified atom stereocenters. The summed E-state index contributed by atoms with van der Waals surface area (Å²) in [5.74, 6) is -0.592. The van der Waals surface area contributed by atoms with Gasteiger partial charge in [-0.1, -0.05) is 0 Å². The number of aromatic hydroxyl groups is 1. The lowest BCUT2D eigenvalue weighted by Crippen LogP contribution is -2.38. The highest BCUT2D eigenvalue weighted by Gasteiger charge is 2.15. The Kier molecular flexibility index (Phi) is 5.89. The van der Waals surface area contributed by atoms with Crippen molar-refractivity contribution in [1.82, 2.24) is 9.13 Å². The second kappa shape index (κ2) is 7.92. The van der Waals surface area contributed by atoms with Gasteiger partial charge in [-0.15, -0.1) is 0 Å². The maximum absolute atomic E-state index is 12.1. The third-order valence-corrected chi connectivity index (χ3v) is 3.95. The van der Waals surface area contributed by atoms with Crippen LogP contribution in [-0.4, -0.2) is 38.9 Å². The summed E-state index contributed by atoms with van der Waals surface area (Å²) < 4.78 is 7.12. The average Bonchev–Trinajstić information content (AvgIpc) is 2.65. The zero-order chi connectivity index (χ0) is 19.4. The van der Waals surface area contributed by atoms with Crippen LogP contribution in [0.25, 0.3) is 0 Å². The van der Waals surface area contributed by atoms with Crippen LogP contribution in [0.15, 0.2) is 38.8 Å². The van der Waals surface area contributed by atoms with E-state index in [0.717, 1.165) is 9.13 Å². The Balaban J connectivity index is 2.29. The molecule has 26 heavy (non-hydrogen) atoms. The molecular formula is C18H21N3O5. The molecule has 2 aromatic rings. The molecule has 8 nitrogen and oxygen atoms in total. The van der Waals surface area contributed by atoms with Crippen molar-refractivity contribution >= 4 is 17.7 Å². The van der Waals surface area contributed by atoms with Crippen molar-refractivity contribution in [3.05, 3.63) is 56.2 Å². The maximum Gasteiger partial charge on any atom is 0.333 e. The largest absolute Gasteiger partial charge is 0.494 e. The lowest BCUT2D eigenvalue weighted by molar-refractivity contribution is 0.0520. The van der Waals surface area contributed by atoms with Crippen LogP contribution in [0.5, 0.6) is 5.88 Å². The van der Waals surface area contributed by atoms with E-state index in [1.807, 2.05) is 6.92 Å². The molecular weight excluding hydrogens is 338 g/mol. The van der Waals surface area contributed by atoms with Crippen LogP contribution in [0.2, 0.25) is 0 Å². The fourth-order valence-corrected chi connectivity index (χ4v) is 2.38. The van der Waals surface area contributed by atoms with Crippen molar-refractivity contribution in [1.29, 1.82) is 0 Å². The second-order valence-corrected chi connectivity index (χ2v) is 5.71. The van der Waals surface area contributed by atoms with Crippen LogP contribution in [-0.2, 0) is 18.8 Å². The Bertz CT molecular complexity index is 955. The molecule has 0 aliphatic carbocycles. The molecule has 0 saturated heterocycles. The molecule has 0 saturated carbocycles. The number of ketones is 1. The number of rotatable bonds is 6. The monoisotopic (exact) mass is 359 g/mol. The molecule has 0 spiro atoms. The molecule has 8 heteroatoms. The number of carbonyl (C=O) groups excluding carboxylic acids is 1. The van der Waals surface area contributed by atoms with Crippen molar-refractivity contribution in [3.63, 3.8) is 0 Å². The van der Waals surface area contributed by atoms with Crippen molar-refractivity contribution in [2.45, 2.75) is 20.0 Å². The number of aromatic nitrogens is 2. The lowest BCUT2D eigenvalue weighted by Gasteiger charge is -2.10. The Morgan fingerprint density at radius 1 is 1.23 bits per heavy atom. The number of aliphatic imine (C=N–C) groups is 1. The Morgan fingerprint density at radius 3 is 2.42 bits per heavy atom. The van der Waals surface area contributed by atoms with E-state index in [4.69, 9.17) is 4.74 Å². The first kappa shape index (κ1) is 19.3. The van der Waals surface area contributed by atoms with Gasteiger partial charge in [-0.3, -0.25) is 23.7 Å². The predicted molar refractivity (Wildman–Crippen MR) is 97.7 cm³/mol. The highest BCUT2D eigenvalue weighted by molar-refractivity contribution is 5.99. The zero-order valence-electron chi connectivity index (χ0n) is 15.1. The first-order valence-corrected chi connectivity index (χ1v) is 8.06. The van der Waals surface area contributed by atoms with E-state index in [1.165, 1.54) is 20.3 Å². The van der Waals surface area contributed by atoms with Crippen LogP contribution in [0.3, 0.4) is 0 Å². The van der Waals surface area contributed by atoms with Gasteiger partial charge in [0.05, 0.1) is 5.69 Å². The summed E-state index contributed by atoms with van der Waals surface area (Å²) in [7, 11) is 2.68. The fraction of sp³-hybridized carbons (Fsp3) is 0.333. The normalized spacial score (nSPS) is 12.5. The molecule has 1 aromatic heterocycles. The third-order valence-electron chi connectivity index (χ3n) is 3.95. The summed E-state index contributed by atoms with van der Waals surface area (Å²) in [4.78, 5) is 40.1. The predicted octanol–water partition coefficient (Wildman–Crippen LogP) is 1.15. The van der Waals surface area contributed by atoms with Gasteiger partial charge in [0.1, 0.15) is 11.7 Å². The van der Waals surface area contributed by atoms with E-state index >= 15 is 0 Å². The standard InChI is InChI=1S/C18H21N3O5/c1-5-26-11(2)15(22)12-6-8-13(9-7-12)19-10-14-16(23)20(3)18(25)21(4)17(14)24/h6-11,23H,5H2,1-4H3. The van der Waals surface area contributed by atoms with Crippen molar-refractivity contribution < 1.29 is 14.6 Å². The molecule has 1 N–H and O–H groups in total. The van der Waals surface area contributed by atoms with E-state index < -0.39 is 23.2 Å². The SMILES string of the molecule is CCOC(C)C(=O)c1ccc(N=Cc2c(O)n(C)c(=O)n(C)c2=O)cc1. The van der Waals surface area contributed by atoms with Crippen LogP contribution in [0.4, 0.5) is 5.69 Å². The highest BCUT2D eigenvalue weighted by atomic mass is 16.5. The quantitative estimate of drug-likeness (QED) is 0.616. The third kappa shape index (κ3) is 3.80. The molecule has 0 bridgehead atoms. The summed E-state index contributed by atoms with van der Waals surface area (Å²) in [6, 6.07) is 6.46. The lowest BCUT2D eigenvalue weighted by atomic mass is 10.1. The van der Waals surface area contributed by atoms with Gasteiger partial charge < -0.3 is 9.84 Å². The van der Waals surface area contributed by atoms with Gasteiger partial charge >= 0.3 is 5.69 Å². The van der Waals surface area contributed by atoms with Crippen LogP contribution in [0, 0.1) is 0 Å². The van der Waals surface area contributed by atoms with Gasteiger partial charge in [-0.05, 0) is 38.1 Å². The van der Waals surface area contributed by atoms with Gasteiger partial charge in [0.2, 0.25) is 5.88 Å². The Labute approximate surface area is 150 Å². The number of Topliss-reactive ketones (excluding diaryl/α,β-unsaturated/α-hetero) is 1. The maximum atomic E-state index is 12.1. The van der Waals surface area contributed by atoms with Gasteiger partial charge in [-0.2, -0.15) is 0 Å². The van der Waals surface area contributed by atoms with E-state index in [1.54, 1.807) is 31.2 Å². The Hall–Kier alpha value is -3.00. The van der Waals surface area contributed by atoms with E-state index in [-0.39, 0.29) is 11.3 Å². The molecule has 0 radical (unpaired) electrons. The molecule has 0 aliphatic rings. The molecule has 138 valence electrons. The number of nitrogens with zero attached hydrogens (tertiary/aromatic N) is 3. The summed E-state index contributed by atoms with van der Waals surface area (Å²) in [5.41, 5.74) is -0.394. The number of carbonyl (C=O) groups is 1. The van der Waals surface area contributed by atoms with Crippen LogP contribution >= 0.6 is 0 Å². The van der Waals surface area contributed by atoms with Gasteiger partial charge in [-0.25, -0.2) is 4.79 Å². The number of ether oxygens (including phenoxy) is 1. The van der Waals surface area contributed by atoms with E-state index in [2.05, 4.69) is 4.99 Å². The van der Waals surface area contributed by atoms with Crippen molar-refractivity contribution in [2.75, 3.05) is 6.61 Å². The minimum Gasteiger partial charge on any atom is -0.494 e. The second-order valence-electron chi connectivity index (χ2n) is 5.71. The molecule has 0 aliphatic heterocycles. The molecule has 0 amide bonds. The fourth-order valence-electron chi connectivity index (χ4n) is 2.38. The average molecular weight is 359 g/mol. The van der Waals surface area contributed by atoms with E-state index in [9.17, 15) is 19.5 Å². The van der Waals surface area contributed by atoms with E-state index in [0.29, 0.717) is 17.9 Å². The highest BCUT2D eigenvalue weighted by Crippen LogP contribution is 2.16. The van der Waals surface area contributed by atoms with Crippen molar-refractivity contribution in [2.24, 2.45) is 19.1 Å². The van der Waals surface area contributed by atoms with Crippen LogP contribution in [0.1, 0.15) is 29.8 Å². The number of benzene rings is 1. The van der Waals surface area contributed by atoms with Crippen molar-refractivity contribution in [3.8, 4) is 5.88 Å². The zero-order valence-corrected chi connectivity index (χ0v) is 15.1. The molecule has 1 heterocycles.